The second-order valence-corrected chi connectivity index (χ2v) is 4.12. The molecule has 0 aromatic heterocycles. The minimum atomic E-state index is -0.0283. The van der Waals surface area contributed by atoms with Gasteiger partial charge in [0.05, 0.1) is 0 Å². The van der Waals surface area contributed by atoms with Gasteiger partial charge in [-0.3, -0.25) is 10.2 Å². The van der Waals surface area contributed by atoms with Gasteiger partial charge in [-0.1, -0.05) is 26.2 Å². The minimum absolute atomic E-state index is 0.0283. The van der Waals surface area contributed by atoms with E-state index in [4.69, 9.17) is 5.84 Å². The predicted octanol–water partition coefficient (Wildman–Crippen LogP) is 1.34. The SMILES string of the molecule is CC1(CC(=O)NN)CCCCC1. The van der Waals surface area contributed by atoms with Crippen molar-refractivity contribution >= 4 is 5.91 Å². The average molecular weight is 170 g/mol. The van der Waals surface area contributed by atoms with E-state index in [1.54, 1.807) is 0 Å². The van der Waals surface area contributed by atoms with E-state index in [9.17, 15) is 4.79 Å². The van der Waals surface area contributed by atoms with Gasteiger partial charge in [-0.05, 0) is 18.3 Å². The van der Waals surface area contributed by atoms with Gasteiger partial charge >= 0.3 is 0 Å². The minimum Gasteiger partial charge on any atom is -0.294 e. The van der Waals surface area contributed by atoms with Gasteiger partial charge in [0.25, 0.3) is 0 Å². The molecule has 1 fully saturated rings. The van der Waals surface area contributed by atoms with Crippen molar-refractivity contribution in [3.8, 4) is 0 Å². The Bertz CT molecular complexity index is 162. The van der Waals surface area contributed by atoms with Crippen molar-refractivity contribution in [1.29, 1.82) is 0 Å². The van der Waals surface area contributed by atoms with Crippen LogP contribution < -0.4 is 11.3 Å². The third kappa shape index (κ3) is 2.48. The van der Waals surface area contributed by atoms with Crippen LogP contribution in [0.25, 0.3) is 0 Å². The Kier molecular flexibility index (Phi) is 3.09. The van der Waals surface area contributed by atoms with E-state index < -0.39 is 0 Å². The number of hydrogen-bond donors (Lipinski definition) is 2. The molecule has 1 saturated carbocycles. The lowest BCUT2D eigenvalue weighted by molar-refractivity contribution is -0.123. The van der Waals surface area contributed by atoms with Crippen molar-refractivity contribution in [2.45, 2.75) is 45.4 Å². The molecule has 0 atom stereocenters. The number of carbonyl (C=O) groups is 1. The van der Waals surface area contributed by atoms with Gasteiger partial charge in [-0.25, -0.2) is 5.84 Å². The Labute approximate surface area is 73.7 Å². The summed E-state index contributed by atoms with van der Waals surface area (Å²) in [6.07, 6.45) is 6.76. The van der Waals surface area contributed by atoms with Crippen molar-refractivity contribution in [2.24, 2.45) is 11.3 Å². The van der Waals surface area contributed by atoms with E-state index in [0.717, 1.165) is 0 Å². The highest BCUT2D eigenvalue weighted by atomic mass is 16.2. The molecule has 0 aromatic carbocycles. The first-order chi connectivity index (χ1) is 5.66. The second kappa shape index (κ2) is 3.90. The van der Waals surface area contributed by atoms with Crippen molar-refractivity contribution in [3.05, 3.63) is 0 Å². The van der Waals surface area contributed by atoms with Crippen LogP contribution in [0, 0.1) is 5.41 Å². The molecular weight excluding hydrogens is 152 g/mol. The van der Waals surface area contributed by atoms with E-state index in [-0.39, 0.29) is 11.3 Å². The van der Waals surface area contributed by atoms with Crippen molar-refractivity contribution in [2.75, 3.05) is 0 Å². The highest BCUT2D eigenvalue weighted by molar-refractivity contribution is 5.75. The molecule has 0 spiro atoms. The smallest absolute Gasteiger partial charge is 0.234 e. The molecule has 1 amide bonds. The molecular formula is C9H18N2O. The zero-order valence-corrected chi connectivity index (χ0v) is 7.73. The van der Waals surface area contributed by atoms with E-state index in [2.05, 4.69) is 12.3 Å². The summed E-state index contributed by atoms with van der Waals surface area (Å²) in [5.41, 5.74) is 2.41. The van der Waals surface area contributed by atoms with Gasteiger partial charge in [0, 0.05) is 6.42 Å². The third-order valence-electron chi connectivity index (χ3n) is 2.81. The molecule has 3 nitrogen and oxygen atoms in total. The fraction of sp³-hybridized carbons (Fsp3) is 0.889. The first-order valence-corrected chi connectivity index (χ1v) is 4.66. The van der Waals surface area contributed by atoms with Crippen LogP contribution in [0.4, 0.5) is 0 Å². The molecule has 0 heterocycles. The van der Waals surface area contributed by atoms with Gasteiger partial charge in [0.1, 0.15) is 0 Å². The van der Waals surface area contributed by atoms with Crippen LogP contribution in [0.3, 0.4) is 0 Å². The van der Waals surface area contributed by atoms with Crippen LogP contribution >= 0.6 is 0 Å². The highest BCUT2D eigenvalue weighted by Gasteiger charge is 2.28. The van der Waals surface area contributed by atoms with Gasteiger partial charge in [-0.15, -0.1) is 0 Å². The molecule has 0 radical (unpaired) electrons. The van der Waals surface area contributed by atoms with Gasteiger partial charge in [-0.2, -0.15) is 0 Å². The van der Waals surface area contributed by atoms with E-state index in [1.165, 1.54) is 32.1 Å². The molecule has 1 rings (SSSR count). The Hall–Kier alpha value is -0.570. The number of nitrogens with one attached hydrogen (secondary N) is 1. The van der Waals surface area contributed by atoms with Gasteiger partial charge in [0.2, 0.25) is 5.91 Å². The van der Waals surface area contributed by atoms with E-state index >= 15 is 0 Å². The molecule has 0 bridgehead atoms. The summed E-state index contributed by atoms with van der Waals surface area (Å²) in [5.74, 6) is 5.02. The number of rotatable bonds is 2. The lowest BCUT2D eigenvalue weighted by atomic mass is 9.73. The molecule has 70 valence electrons. The highest BCUT2D eigenvalue weighted by Crippen LogP contribution is 2.38. The molecule has 3 heteroatoms. The topological polar surface area (TPSA) is 55.1 Å². The summed E-state index contributed by atoms with van der Waals surface area (Å²) in [7, 11) is 0. The molecule has 0 aromatic rings. The quantitative estimate of drug-likeness (QED) is 0.373. The monoisotopic (exact) mass is 170 g/mol. The van der Waals surface area contributed by atoms with E-state index in [0.29, 0.717) is 6.42 Å². The number of amides is 1. The molecule has 1 aliphatic carbocycles. The van der Waals surface area contributed by atoms with Crippen LogP contribution in [0.5, 0.6) is 0 Å². The third-order valence-corrected chi connectivity index (χ3v) is 2.81. The van der Waals surface area contributed by atoms with Crippen molar-refractivity contribution in [3.63, 3.8) is 0 Å². The summed E-state index contributed by atoms with van der Waals surface area (Å²) >= 11 is 0. The number of nitrogens with two attached hydrogens (primary N) is 1. The molecule has 3 N–H and O–H groups in total. The first kappa shape index (κ1) is 9.52. The maximum atomic E-state index is 11.0. The largest absolute Gasteiger partial charge is 0.294 e. The standard InChI is InChI=1S/C9H18N2O/c1-9(7-8(12)11-10)5-3-2-4-6-9/h2-7,10H2,1H3,(H,11,12). The van der Waals surface area contributed by atoms with Gasteiger partial charge < -0.3 is 0 Å². The van der Waals surface area contributed by atoms with E-state index in [1.807, 2.05) is 0 Å². The molecule has 1 aliphatic rings. The number of hydrogen-bond acceptors (Lipinski definition) is 2. The lowest BCUT2D eigenvalue weighted by Crippen LogP contribution is -2.35. The summed E-state index contributed by atoms with van der Waals surface area (Å²) in [6.45, 7) is 2.18. The van der Waals surface area contributed by atoms with Crippen LogP contribution in [0.1, 0.15) is 45.4 Å². The first-order valence-electron chi connectivity index (χ1n) is 4.66. The van der Waals surface area contributed by atoms with Crippen LogP contribution in [0.2, 0.25) is 0 Å². The molecule has 0 saturated heterocycles. The molecule has 0 aliphatic heterocycles. The second-order valence-electron chi connectivity index (χ2n) is 4.12. The van der Waals surface area contributed by atoms with Gasteiger partial charge in [0.15, 0.2) is 0 Å². The summed E-state index contributed by atoms with van der Waals surface area (Å²) in [4.78, 5) is 11.0. The average Bonchev–Trinajstić information content (AvgIpc) is 2.05. The number of hydrazine groups is 1. The fourth-order valence-electron chi connectivity index (χ4n) is 2.02. The Morgan fingerprint density at radius 1 is 1.42 bits per heavy atom. The van der Waals surface area contributed by atoms with Crippen LogP contribution in [0.15, 0.2) is 0 Å². The fourth-order valence-corrected chi connectivity index (χ4v) is 2.02. The Morgan fingerprint density at radius 2 is 2.00 bits per heavy atom. The number of carbonyl (C=O) groups excluding carboxylic acids is 1. The maximum absolute atomic E-state index is 11.0. The Balaban J connectivity index is 2.41. The zero-order valence-electron chi connectivity index (χ0n) is 7.73. The molecule has 0 unspecified atom stereocenters. The lowest BCUT2D eigenvalue weighted by Gasteiger charge is -2.32. The van der Waals surface area contributed by atoms with Crippen LogP contribution in [-0.4, -0.2) is 5.91 Å². The molecule has 12 heavy (non-hydrogen) atoms. The zero-order chi connectivity index (χ0) is 9.03. The normalized spacial score (nSPS) is 21.8. The summed E-state index contributed by atoms with van der Waals surface area (Å²) < 4.78 is 0. The summed E-state index contributed by atoms with van der Waals surface area (Å²) in [6, 6.07) is 0. The van der Waals surface area contributed by atoms with Crippen molar-refractivity contribution in [1.82, 2.24) is 5.43 Å². The summed E-state index contributed by atoms with van der Waals surface area (Å²) in [5, 5.41) is 0. The van der Waals surface area contributed by atoms with Crippen molar-refractivity contribution < 1.29 is 4.79 Å². The maximum Gasteiger partial charge on any atom is 0.234 e. The Morgan fingerprint density at radius 3 is 2.50 bits per heavy atom. The van der Waals surface area contributed by atoms with Crippen LogP contribution in [-0.2, 0) is 4.79 Å². The predicted molar refractivity (Wildman–Crippen MR) is 48.1 cm³/mol.